The predicted octanol–water partition coefficient (Wildman–Crippen LogP) is 1.63. The van der Waals surface area contributed by atoms with E-state index in [1.54, 1.807) is 47.4 Å². The van der Waals surface area contributed by atoms with Crippen molar-refractivity contribution >= 4 is 33.2 Å². The maximum Gasteiger partial charge on any atom is 0.267 e. The average molecular weight is 460 g/mol. The fourth-order valence-electron chi connectivity index (χ4n) is 3.74. The van der Waals surface area contributed by atoms with E-state index in [1.165, 1.54) is 4.31 Å². The summed E-state index contributed by atoms with van der Waals surface area (Å²) in [4.78, 5) is 27.7. The number of sulfonamides is 1. The molecular formula is C22H25N3O6S. The van der Waals surface area contributed by atoms with Gasteiger partial charge in [-0.05, 0) is 36.8 Å². The zero-order valence-corrected chi connectivity index (χ0v) is 18.7. The van der Waals surface area contributed by atoms with Gasteiger partial charge in [0.15, 0.2) is 6.10 Å². The number of morpholine rings is 1. The Hall–Kier alpha value is -3.11. The summed E-state index contributed by atoms with van der Waals surface area (Å²) < 4.78 is 37.1. The van der Waals surface area contributed by atoms with Crippen LogP contribution in [0.15, 0.2) is 42.5 Å². The van der Waals surface area contributed by atoms with Crippen LogP contribution in [-0.2, 0) is 19.6 Å². The number of hydrogen-bond donors (Lipinski definition) is 1. The number of amides is 2. The van der Waals surface area contributed by atoms with Crippen LogP contribution in [0.25, 0.3) is 0 Å². The van der Waals surface area contributed by atoms with Gasteiger partial charge in [-0.2, -0.15) is 0 Å². The molecule has 2 aliphatic heterocycles. The minimum atomic E-state index is -3.63. The van der Waals surface area contributed by atoms with Crippen molar-refractivity contribution in [1.29, 1.82) is 0 Å². The first kappa shape index (κ1) is 22.1. The third-order valence-electron chi connectivity index (χ3n) is 5.39. The monoisotopic (exact) mass is 459 g/mol. The Morgan fingerprint density at radius 1 is 1.09 bits per heavy atom. The number of para-hydroxylation sites is 1. The second-order valence-electron chi connectivity index (χ2n) is 7.81. The summed E-state index contributed by atoms with van der Waals surface area (Å²) in [6.45, 7) is 3.58. The van der Waals surface area contributed by atoms with Gasteiger partial charge in [0, 0.05) is 13.1 Å². The first-order valence-corrected chi connectivity index (χ1v) is 12.1. The second kappa shape index (κ2) is 8.79. The smallest absolute Gasteiger partial charge is 0.267 e. The van der Waals surface area contributed by atoms with Crippen molar-refractivity contribution in [3.05, 3.63) is 53.6 Å². The van der Waals surface area contributed by atoms with E-state index < -0.39 is 22.0 Å². The lowest BCUT2D eigenvalue weighted by Crippen LogP contribution is -2.48. The molecule has 1 N–H and O–H groups in total. The highest BCUT2D eigenvalue weighted by Crippen LogP contribution is 2.36. The molecule has 0 aromatic heterocycles. The van der Waals surface area contributed by atoms with Gasteiger partial charge in [-0.3, -0.25) is 13.9 Å². The molecule has 9 nitrogen and oxygen atoms in total. The van der Waals surface area contributed by atoms with Crippen LogP contribution in [0.3, 0.4) is 0 Å². The van der Waals surface area contributed by atoms with Crippen LogP contribution in [0.1, 0.15) is 15.9 Å². The third-order valence-corrected chi connectivity index (χ3v) is 6.54. The van der Waals surface area contributed by atoms with Crippen LogP contribution >= 0.6 is 0 Å². The normalized spacial score (nSPS) is 18.5. The van der Waals surface area contributed by atoms with Crippen LogP contribution < -0.4 is 14.4 Å². The number of carbonyl (C=O) groups is 2. The molecule has 32 heavy (non-hydrogen) atoms. The van der Waals surface area contributed by atoms with Crippen LogP contribution in [0, 0.1) is 6.92 Å². The Labute approximate surface area is 187 Å². The number of ether oxygens (including phenoxy) is 2. The standard InChI is InChI=1S/C22H25N3O6S/c1-15-7-8-19-18(13-15)25(32(2,28)29)14-20(31-19)21(26)23-17-6-4-3-5-16(17)22(27)24-9-11-30-12-10-24/h3-8,13,20H,9-12,14H2,1-2H3,(H,23,26)/t20-/m1/s1. The summed E-state index contributed by atoms with van der Waals surface area (Å²) in [5, 5.41) is 2.75. The summed E-state index contributed by atoms with van der Waals surface area (Å²) in [6, 6.07) is 11.9. The number of nitrogens with zero attached hydrogens (tertiary/aromatic N) is 2. The second-order valence-corrected chi connectivity index (χ2v) is 9.72. The fraction of sp³-hybridized carbons (Fsp3) is 0.364. The predicted molar refractivity (Wildman–Crippen MR) is 120 cm³/mol. The summed E-state index contributed by atoms with van der Waals surface area (Å²) in [5.41, 5.74) is 1.98. The summed E-state index contributed by atoms with van der Waals surface area (Å²) >= 11 is 0. The molecule has 0 radical (unpaired) electrons. The van der Waals surface area contributed by atoms with Crippen LogP contribution in [0.5, 0.6) is 5.75 Å². The first-order chi connectivity index (χ1) is 15.2. The van der Waals surface area contributed by atoms with Crippen molar-refractivity contribution in [1.82, 2.24) is 4.90 Å². The Morgan fingerprint density at radius 3 is 2.53 bits per heavy atom. The quantitative estimate of drug-likeness (QED) is 0.745. The molecule has 0 unspecified atom stereocenters. The van der Waals surface area contributed by atoms with E-state index in [2.05, 4.69) is 5.32 Å². The van der Waals surface area contributed by atoms with Crippen molar-refractivity contribution in [2.24, 2.45) is 0 Å². The van der Waals surface area contributed by atoms with Crippen molar-refractivity contribution in [2.75, 3.05) is 48.7 Å². The summed E-state index contributed by atoms with van der Waals surface area (Å²) in [5.74, 6) is -0.426. The van der Waals surface area contributed by atoms with Crippen LogP contribution in [0.4, 0.5) is 11.4 Å². The van der Waals surface area contributed by atoms with E-state index in [9.17, 15) is 18.0 Å². The zero-order chi connectivity index (χ0) is 22.9. The van der Waals surface area contributed by atoms with Gasteiger partial charge in [0.25, 0.3) is 11.8 Å². The Morgan fingerprint density at radius 2 is 1.81 bits per heavy atom. The summed E-state index contributed by atoms with van der Waals surface area (Å²) in [6.07, 6.45) is 0.0156. The minimum Gasteiger partial charge on any atom is -0.476 e. The van der Waals surface area contributed by atoms with E-state index in [-0.39, 0.29) is 12.5 Å². The number of carbonyl (C=O) groups excluding carboxylic acids is 2. The zero-order valence-electron chi connectivity index (χ0n) is 17.9. The van der Waals surface area contributed by atoms with Crippen LogP contribution in [0.2, 0.25) is 0 Å². The third kappa shape index (κ3) is 4.56. The van der Waals surface area contributed by atoms with E-state index in [0.29, 0.717) is 49.0 Å². The van der Waals surface area contributed by atoms with Gasteiger partial charge in [0.2, 0.25) is 10.0 Å². The molecule has 0 aliphatic carbocycles. The van der Waals surface area contributed by atoms with Crippen LogP contribution in [-0.4, -0.2) is 70.3 Å². The average Bonchev–Trinajstić information content (AvgIpc) is 2.78. The molecule has 1 saturated heterocycles. The number of benzene rings is 2. The lowest BCUT2D eigenvalue weighted by Gasteiger charge is -2.34. The lowest BCUT2D eigenvalue weighted by atomic mass is 10.1. The Kier molecular flexibility index (Phi) is 6.07. The number of fused-ring (bicyclic) bond motifs is 1. The van der Waals surface area contributed by atoms with Gasteiger partial charge in [-0.25, -0.2) is 8.42 Å². The largest absolute Gasteiger partial charge is 0.476 e. The molecule has 10 heteroatoms. The van der Waals surface area contributed by atoms with E-state index in [1.807, 2.05) is 6.92 Å². The molecule has 2 aromatic rings. The molecule has 2 aliphatic rings. The Balaban J connectivity index is 1.57. The molecule has 2 aromatic carbocycles. The van der Waals surface area contributed by atoms with Gasteiger partial charge < -0.3 is 19.7 Å². The Bertz CT molecular complexity index is 1140. The highest BCUT2D eigenvalue weighted by atomic mass is 32.2. The van der Waals surface area contributed by atoms with Crippen molar-refractivity contribution in [3.63, 3.8) is 0 Å². The number of aryl methyl sites for hydroxylation is 1. The first-order valence-electron chi connectivity index (χ1n) is 10.3. The molecule has 2 amide bonds. The maximum absolute atomic E-state index is 13.1. The SMILES string of the molecule is Cc1ccc2c(c1)N(S(C)(=O)=O)C[C@H](C(=O)Nc1ccccc1C(=O)N1CCOCC1)O2. The highest BCUT2D eigenvalue weighted by Gasteiger charge is 2.35. The summed E-state index contributed by atoms with van der Waals surface area (Å²) in [7, 11) is -3.63. The molecule has 2 heterocycles. The molecule has 1 atom stereocenters. The van der Waals surface area contributed by atoms with E-state index in [0.717, 1.165) is 11.8 Å². The number of nitrogens with one attached hydrogen (secondary N) is 1. The molecule has 170 valence electrons. The van der Waals surface area contributed by atoms with Gasteiger partial charge in [-0.15, -0.1) is 0 Å². The highest BCUT2D eigenvalue weighted by molar-refractivity contribution is 7.92. The molecule has 1 fully saturated rings. The molecule has 4 rings (SSSR count). The minimum absolute atomic E-state index is 0.166. The molecular weight excluding hydrogens is 434 g/mol. The number of anilines is 2. The van der Waals surface area contributed by atoms with Crippen molar-refractivity contribution in [3.8, 4) is 5.75 Å². The van der Waals surface area contributed by atoms with Crippen molar-refractivity contribution in [2.45, 2.75) is 13.0 Å². The van der Waals surface area contributed by atoms with E-state index in [4.69, 9.17) is 9.47 Å². The topological polar surface area (TPSA) is 105 Å². The van der Waals surface area contributed by atoms with Gasteiger partial charge >= 0.3 is 0 Å². The number of rotatable bonds is 4. The maximum atomic E-state index is 13.1. The molecule has 0 saturated carbocycles. The fourth-order valence-corrected chi connectivity index (χ4v) is 4.65. The van der Waals surface area contributed by atoms with Gasteiger partial charge in [-0.1, -0.05) is 18.2 Å². The van der Waals surface area contributed by atoms with E-state index >= 15 is 0 Å². The number of hydrogen-bond acceptors (Lipinski definition) is 6. The lowest BCUT2D eigenvalue weighted by molar-refractivity contribution is -0.122. The molecule has 0 bridgehead atoms. The van der Waals surface area contributed by atoms with Gasteiger partial charge in [0.1, 0.15) is 5.75 Å². The molecule has 0 spiro atoms. The van der Waals surface area contributed by atoms with Gasteiger partial charge in [0.05, 0.1) is 43.0 Å². The van der Waals surface area contributed by atoms with Crippen molar-refractivity contribution < 1.29 is 27.5 Å².